The molecule has 3 rings (SSSR count). The van der Waals surface area contributed by atoms with Gasteiger partial charge in [0.05, 0.1) is 0 Å². The fourth-order valence-electron chi connectivity index (χ4n) is 3.57. The maximum Gasteiger partial charge on any atom is 0.317 e. The Labute approximate surface area is 150 Å². The van der Waals surface area contributed by atoms with Gasteiger partial charge in [-0.3, -0.25) is 4.79 Å². The van der Waals surface area contributed by atoms with Gasteiger partial charge < -0.3 is 15.1 Å². The number of urea groups is 1. The number of carbonyl (C=O) groups is 2. The van der Waals surface area contributed by atoms with Crippen LogP contribution in [-0.4, -0.2) is 54.5 Å². The summed E-state index contributed by atoms with van der Waals surface area (Å²) in [6.07, 6.45) is 3.79. The van der Waals surface area contributed by atoms with Crippen LogP contribution in [0, 0.1) is 19.8 Å². The van der Waals surface area contributed by atoms with E-state index in [2.05, 4.69) is 37.4 Å². The number of aryl methyl sites for hydroxylation is 2. The third-order valence-corrected chi connectivity index (χ3v) is 4.99. The molecule has 5 nitrogen and oxygen atoms in total. The molecule has 2 fully saturated rings. The number of benzene rings is 1. The van der Waals surface area contributed by atoms with Crippen LogP contribution in [0.1, 0.15) is 36.0 Å². The molecule has 136 valence electrons. The topological polar surface area (TPSA) is 52.7 Å². The van der Waals surface area contributed by atoms with Gasteiger partial charge in [0.1, 0.15) is 0 Å². The SMILES string of the molecule is Cc1cc(C)cc(CCNC(=O)N2CCCN(C(=O)C3CC3)CC2)c1. The first-order valence-corrected chi connectivity index (χ1v) is 9.41. The lowest BCUT2D eigenvalue weighted by atomic mass is 10.1. The minimum Gasteiger partial charge on any atom is -0.341 e. The Morgan fingerprint density at radius 3 is 2.32 bits per heavy atom. The molecule has 1 N–H and O–H groups in total. The molecule has 3 amide bonds. The molecule has 1 saturated heterocycles. The number of nitrogens with zero attached hydrogens (tertiary/aromatic N) is 2. The number of carbonyl (C=O) groups excluding carboxylic acids is 2. The zero-order chi connectivity index (χ0) is 17.8. The number of hydrogen-bond donors (Lipinski definition) is 1. The molecular weight excluding hydrogens is 314 g/mol. The van der Waals surface area contributed by atoms with Crippen molar-refractivity contribution in [1.82, 2.24) is 15.1 Å². The van der Waals surface area contributed by atoms with Crippen LogP contribution in [0.25, 0.3) is 0 Å². The average molecular weight is 343 g/mol. The van der Waals surface area contributed by atoms with Gasteiger partial charge in [-0.1, -0.05) is 29.3 Å². The predicted octanol–water partition coefficient (Wildman–Crippen LogP) is 2.50. The maximum absolute atomic E-state index is 12.4. The fourth-order valence-corrected chi connectivity index (χ4v) is 3.57. The molecule has 0 radical (unpaired) electrons. The minimum atomic E-state index is -0.00917. The summed E-state index contributed by atoms with van der Waals surface area (Å²) in [6, 6.07) is 6.50. The summed E-state index contributed by atoms with van der Waals surface area (Å²) >= 11 is 0. The van der Waals surface area contributed by atoms with Crippen LogP contribution >= 0.6 is 0 Å². The van der Waals surface area contributed by atoms with Crippen molar-refractivity contribution < 1.29 is 9.59 Å². The Balaban J connectivity index is 1.44. The van der Waals surface area contributed by atoms with Gasteiger partial charge in [0.15, 0.2) is 0 Å². The molecule has 0 aromatic heterocycles. The van der Waals surface area contributed by atoms with E-state index in [1.807, 2.05) is 9.80 Å². The number of hydrogen-bond acceptors (Lipinski definition) is 2. The predicted molar refractivity (Wildman–Crippen MR) is 98.5 cm³/mol. The number of nitrogens with one attached hydrogen (secondary N) is 1. The Bertz CT molecular complexity index is 620. The number of rotatable bonds is 4. The quantitative estimate of drug-likeness (QED) is 0.913. The molecule has 1 aromatic rings. The molecule has 0 atom stereocenters. The fraction of sp³-hybridized carbons (Fsp3) is 0.600. The highest BCUT2D eigenvalue weighted by molar-refractivity contribution is 5.81. The standard InChI is InChI=1S/C20H29N3O2/c1-15-12-16(2)14-17(13-15)6-7-21-20(25)23-9-3-8-22(10-11-23)19(24)18-4-5-18/h12-14,18H,3-11H2,1-2H3,(H,21,25). The summed E-state index contributed by atoms with van der Waals surface area (Å²) in [7, 11) is 0. The Morgan fingerprint density at radius 1 is 1.00 bits per heavy atom. The van der Waals surface area contributed by atoms with Gasteiger partial charge in [0.25, 0.3) is 0 Å². The van der Waals surface area contributed by atoms with Gasteiger partial charge in [0.2, 0.25) is 5.91 Å². The van der Waals surface area contributed by atoms with Gasteiger partial charge in [-0.05, 0) is 45.1 Å². The lowest BCUT2D eigenvalue weighted by Crippen LogP contribution is -2.43. The molecular formula is C20H29N3O2. The van der Waals surface area contributed by atoms with E-state index in [0.29, 0.717) is 19.6 Å². The van der Waals surface area contributed by atoms with E-state index in [-0.39, 0.29) is 17.9 Å². The molecule has 1 heterocycles. The van der Waals surface area contributed by atoms with E-state index in [1.54, 1.807) is 0 Å². The zero-order valence-corrected chi connectivity index (χ0v) is 15.4. The summed E-state index contributed by atoms with van der Waals surface area (Å²) in [4.78, 5) is 28.4. The molecule has 1 saturated carbocycles. The zero-order valence-electron chi connectivity index (χ0n) is 15.4. The van der Waals surface area contributed by atoms with Crippen molar-refractivity contribution in [2.75, 3.05) is 32.7 Å². The second kappa shape index (κ2) is 7.89. The maximum atomic E-state index is 12.4. The summed E-state index contributed by atoms with van der Waals surface area (Å²) in [5.41, 5.74) is 3.78. The molecule has 0 unspecified atom stereocenters. The Morgan fingerprint density at radius 2 is 1.64 bits per heavy atom. The van der Waals surface area contributed by atoms with E-state index in [9.17, 15) is 9.59 Å². The molecule has 2 aliphatic rings. The van der Waals surface area contributed by atoms with Gasteiger partial charge >= 0.3 is 6.03 Å². The van der Waals surface area contributed by atoms with Crippen LogP contribution in [0.2, 0.25) is 0 Å². The molecule has 0 spiro atoms. The highest BCUT2D eigenvalue weighted by Gasteiger charge is 2.34. The van der Waals surface area contributed by atoms with Crippen molar-refractivity contribution >= 4 is 11.9 Å². The second-order valence-electron chi connectivity index (χ2n) is 7.42. The van der Waals surface area contributed by atoms with Gasteiger partial charge in [0, 0.05) is 38.6 Å². The van der Waals surface area contributed by atoms with E-state index < -0.39 is 0 Å². The molecule has 1 aliphatic carbocycles. The second-order valence-corrected chi connectivity index (χ2v) is 7.42. The van der Waals surface area contributed by atoms with Crippen LogP contribution in [0.3, 0.4) is 0 Å². The van der Waals surface area contributed by atoms with Gasteiger partial charge in [-0.2, -0.15) is 0 Å². The Hall–Kier alpha value is -2.04. The van der Waals surface area contributed by atoms with E-state index in [1.165, 1.54) is 16.7 Å². The van der Waals surface area contributed by atoms with Crippen molar-refractivity contribution in [2.24, 2.45) is 5.92 Å². The minimum absolute atomic E-state index is 0.00917. The van der Waals surface area contributed by atoms with Crippen molar-refractivity contribution in [3.8, 4) is 0 Å². The molecule has 1 aromatic carbocycles. The van der Waals surface area contributed by atoms with Crippen molar-refractivity contribution in [2.45, 2.75) is 39.5 Å². The monoisotopic (exact) mass is 343 g/mol. The van der Waals surface area contributed by atoms with Crippen molar-refractivity contribution in [3.05, 3.63) is 34.9 Å². The van der Waals surface area contributed by atoms with Crippen molar-refractivity contribution in [1.29, 1.82) is 0 Å². The van der Waals surface area contributed by atoms with Crippen molar-refractivity contribution in [3.63, 3.8) is 0 Å². The normalized spacial score (nSPS) is 18.0. The molecule has 5 heteroatoms. The van der Waals surface area contributed by atoms with Crippen LogP contribution in [-0.2, 0) is 11.2 Å². The molecule has 25 heavy (non-hydrogen) atoms. The average Bonchev–Trinajstić information content (AvgIpc) is 3.40. The third kappa shape index (κ3) is 4.97. The highest BCUT2D eigenvalue weighted by atomic mass is 16.2. The number of amides is 3. The van der Waals surface area contributed by atoms with Crippen LogP contribution in [0.5, 0.6) is 0 Å². The van der Waals surface area contributed by atoms with Crippen LogP contribution in [0.4, 0.5) is 4.79 Å². The van der Waals surface area contributed by atoms with Crippen LogP contribution in [0.15, 0.2) is 18.2 Å². The smallest absolute Gasteiger partial charge is 0.317 e. The largest absolute Gasteiger partial charge is 0.341 e. The van der Waals surface area contributed by atoms with Gasteiger partial charge in [-0.25, -0.2) is 4.79 Å². The third-order valence-electron chi connectivity index (χ3n) is 4.99. The first kappa shape index (κ1) is 17.8. The van der Waals surface area contributed by atoms with Gasteiger partial charge in [-0.15, -0.1) is 0 Å². The summed E-state index contributed by atoms with van der Waals surface area (Å²) < 4.78 is 0. The Kier molecular flexibility index (Phi) is 5.61. The van der Waals surface area contributed by atoms with E-state index in [4.69, 9.17) is 0 Å². The highest BCUT2D eigenvalue weighted by Crippen LogP contribution is 2.31. The summed E-state index contributed by atoms with van der Waals surface area (Å²) in [5.74, 6) is 0.551. The summed E-state index contributed by atoms with van der Waals surface area (Å²) in [5, 5.41) is 3.03. The first-order chi connectivity index (χ1) is 12.0. The van der Waals surface area contributed by atoms with Crippen LogP contribution < -0.4 is 5.32 Å². The lowest BCUT2D eigenvalue weighted by Gasteiger charge is -2.22. The first-order valence-electron chi connectivity index (χ1n) is 9.41. The molecule has 0 bridgehead atoms. The van der Waals surface area contributed by atoms with E-state index in [0.717, 1.165) is 38.8 Å². The summed E-state index contributed by atoms with van der Waals surface area (Å²) in [6.45, 7) is 7.64. The molecule has 1 aliphatic heterocycles. The lowest BCUT2D eigenvalue weighted by molar-refractivity contribution is -0.132. The van der Waals surface area contributed by atoms with E-state index >= 15 is 0 Å².